The molecule has 0 saturated carbocycles. The molecule has 0 aliphatic rings. The molecular formula is C11H28NSi2. The molecule has 1 radical (unpaired) electrons. The molecule has 1 nitrogen and oxygen atoms in total. The van der Waals surface area contributed by atoms with Crippen LogP contribution in [0, 0.1) is 0 Å². The molecule has 0 bridgehead atoms. The van der Waals surface area contributed by atoms with Gasteiger partial charge < -0.3 is 4.57 Å². The predicted molar refractivity (Wildman–Crippen MR) is 71.9 cm³/mol. The van der Waals surface area contributed by atoms with E-state index in [0.717, 1.165) is 0 Å². The van der Waals surface area contributed by atoms with Gasteiger partial charge in [-0.3, -0.25) is 0 Å². The van der Waals surface area contributed by atoms with E-state index in [9.17, 15) is 0 Å². The van der Waals surface area contributed by atoms with Gasteiger partial charge in [0.2, 0.25) is 0 Å². The van der Waals surface area contributed by atoms with Crippen LogP contribution in [0.3, 0.4) is 0 Å². The molecule has 0 unspecified atom stereocenters. The molecule has 0 aliphatic heterocycles. The Balaban J connectivity index is 4.91. The van der Waals surface area contributed by atoms with E-state index in [-0.39, 0.29) is 8.80 Å². The number of rotatable bonds is 5. The lowest BCUT2D eigenvalue weighted by Gasteiger charge is -2.49. The molecule has 0 atom stereocenters. The fourth-order valence-electron chi connectivity index (χ4n) is 2.02. The van der Waals surface area contributed by atoms with Gasteiger partial charge in [-0.05, 0) is 17.8 Å². The molecule has 0 fully saturated rings. The van der Waals surface area contributed by atoms with Crippen molar-refractivity contribution in [2.75, 3.05) is 13.1 Å². The van der Waals surface area contributed by atoms with E-state index in [0.29, 0.717) is 4.66 Å². The molecule has 0 aromatic rings. The van der Waals surface area contributed by atoms with Gasteiger partial charge in [0.1, 0.15) is 8.24 Å². The van der Waals surface area contributed by atoms with E-state index < -0.39 is 8.24 Å². The van der Waals surface area contributed by atoms with Gasteiger partial charge >= 0.3 is 0 Å². The van der Waals surface area contributed by atoms with Crippen LogP contribution in [-0.4, -0.2) is 34.7 Å². The van der Waals surface area contributed by atoms with Crippen molar-refractivity contribution in [2.45, 2.75) is 58.5 Å². The maximum atomic E-state index is 2.73. The zero-order valence-corrected chi connectivity index (χ0v) is 13.4. The second kappa shape index (κ2) is 4.95. The van der Waals surface area contributed by atoms with Crippen molar-refractivity contribution < 1.29 is 0 Å². The summed E-state index contributed by atoms with van der Waals surface area (Å²) in [6.45, 7) is 22.0. The van der Waals surface area contributed by atoms with Gasteiger partial charge in [0.05, 0.1) is 0 Å². The van der Waals surface area contributed by atoms with Crippen molar-refractivity contribution in [3.05, 3.63) is 0 Å². The van der Waals surface area contributed by atoms with E-state index in [4.69, 9.17) is 0 Å². The van der Waals surface area contributed by atoms with Crippen molar-refractivity contribution in [3.63, 3.8) is 0 Å². The third-order valence-corrected chi connectivity index (χ3v) is 15.4. The summed E-state index contributed by atoms with van der Waals surface area (Å²) in [6.07, 6.45) is 0. The molecule has 0 spiro atoms. The van der Waals surface area contributed by atoms with Crippen LogP contribution in [0.1, 0.15) is 27.7 Å². The van der Waals surface area contributed by atoms with Gasteiger partial charge in [0.25, 0.3) is 0 Å². The largest absolute Gasteiger partial charge is 0.324 e. The summed E-state index contributed by atoms with van der Waals surface area (Å²) in [4.78, 5) is 0. The molecule has 0 N–H and O–H groups in total. The Kier molecular flexibility index (Phi) is 5.09. The summed E-state index contributed by atoms with van der Waals surface area (Å²) in [5.74, 6) is 0. The highest BCUT2D eigenvalue weighted by Gasteiger charge is 2.45. The topological polar surface area (TPSA) is 3.24 Å². The first kappa shape index (κ1) is 14.4. The van der Waals surface area contributed by atoms with Crippen molar-refractivity contribution in [1.29, 1.82) is 0 Å². The second-order valence-corrected chi connectivity index (χ2v) is 14.1. The maximum Gasteiger partial charge on any atom is 0.124 e. The highest BCUT2D eigenvalue weighted by Crippen LogP contribution is 2.41. The highest BCUT2D eigenvalue weighted by atomic mass is 28.4. The van der Waals surface area contributed by atoms with Crippen LogP contribution >= 0.6 is 0 Å². The molecule has 0 heterocycles. The van der Waals surface area contributed by atoms with Crippen molar-refractivity contribution in [3.8, 4) is 0 Å². The summed E-state index contributed by atoms with van der Waals surface area (Å²) in [5.41, 5.74) is 0. The van der Waals surface area contributed by atoms with E-state index in [1.54, 1.807) is 0 Å². The van der Waals surface area contributed by atoms with Crippen LogP contribution in [0.2, 0.25) is 30.8 Å². The van der Waals surface area contributed by atoms with Gasteiger partial charge in [-0.25, -0.2) is 0 Å². The fourth-order valence-corrected chi connectivity index (χ4v) is 9.76. The zero-order chi connectivity index (χ0) is 11.6. The lowest BCUT2D eigenvalue weighted by Crippen LogP contribution is -2.59. The molecule has 85 valence electrons. The van der Waals surface area contributed by atoms with Crippen LogP contribution in [-0.2, 0) is 0 Å². The molecule has 0 rings (SSSR count). The number of hydrogen-bond acceptors (Lipinski definition) is 1. The highest BCUT2D eigenvalue weighted by molar-refractivity contribution is 6.90. The standard InChI is InChI=1S/C11H28NSi2/c1-9-12(10-2)14(7,8)11(3,4)13(5)6/h9-10H2,1-8H3. The summed E-state index contributed by atoms with van der Waals surface area (Å²) in [5, 5.41) is 0. The molecule has 0 saturated heterocycles. The van der Waals surface area contributed by atoms with Crippen LogP contribution in [0.4, 0.5) is 0 Å². The summed E-state index contributed by atoms with van der Waals surface area (Å²) in [7, 11) is -1.46. The fraction of sp³-hybridized carbons (Fsp3) is 1.00. The third kappa shape index (κ3) is 2.50. The Morgan fingerprint density at radius 2 is 1.43 bits per heavy atom. The minimum atomic E-state index is -1.24. The van der Waals surface area contributed by atoms with Gasteiger partial charge in [-0.15, -0.1) is 0 Å². The Morgan fingerprint density at radius 1 is 1.07 bits per heavy atom. The molecule has 0 amide bonds. The lowest BCUT2D eigenvalue weighted by molar-refractivity contribution is 0.450. The van der Waals surface area contributed by atoms with E-state index in [1.165, 1.54) is 13.1 Å². The first-order chi connectivity index (χ1) is 6.21. The normalized spacial score (nSPS) is 14.1. The predicted octanol–water partition coefficient (Wildman–Crippen LogP) is 3.61. The van der Waals surface area contributed by atoms with Crippen LogP contribution in [0.15, 0.2) is 0 Å². The Morgan fingerprint density at radius 3 is 1.64 bits per heavy atom. The Bertz CT molecular complexity index is 172. The Hall–Kier alpha value is 0.394. The molecular weight excluding hydrogens is 202 g/mol. The third-order valence-electron chi connectivity index (χ3n) is 4.33. The maximum absolute atomic E-state index is 2.73. The van der Waals surface area contributed by atoms with Gasteiger partial charge in [0, 0.05) is 8.80 Å². The van der Waals surface area contributed by atoms with Crippen molar-refractivity contribution in [1.82, 2.24) is 4.57 Å². The molecule has 3 heteroatoms. The smallest absolute Gasteiger partial charge is 0.124 e. The van der Waals surface area contributed by atoms with Crippen LogP contribution in [0.5, 0.6) is 0 Å². The van der Waals surface area contributed by atoms with Crippen LogP contribution in [0.25, 0.3) is 0 Å². The SMILES string of the molecule is CCN(CC)[Si](C)(C)C(C)(C)[Si](C)C. The molecule has 0 aromatic heterocycles. The quantitative estimate of drug-likeness (QED) is 0.652. The van der Waals surface area contributed by atoms with E-state index in [1.807, 2.05) is 0 Å². The van der Waals surface area contributed by atoms with E-state index >= 15 is 0 Å². The van der Waals surface area contributed by atoms with Crippen LogP contribution < -0.4 is 0 Å². The summed E-state index contributed by atoms with van der Waals surface area (Å²) < 4.78 is 3.31. The van der Waals surface area contributed by atoms with E-state index in [2.05, 4.69) is 58.4 Å². The van der Waals surface area contributed by atoms with Gasteiger partial charge in [-0.1, -0.05) is 53.9 Å². The van der Waals surface area contributed by atoms with Crippen molar-refractivity contribution in [2.24, 2.45) is 0 Å². The first-order valence-corrected chi connectivity index (χ1v) is 11.2. The average molecular weight is 231 g/mol. The average Bonchev–Trinajstić information content (AvgIpc) is 2.05. The summed E-state index contributed by atoms with van der Waals surface area (Å²) >= 11 is 0. The van der Waals surface area contributed by atoms with Gasteiger partial charge in [-0.2, -0.15) is 0 Å². The summed E-state index contributed by atoms with van der Waals surface area (Å²) in [6, 6.07) is 0. The minimum absolute atomic E-state index is 0.212. The van der Waals surface area contributed by atoms with Gasteiger partial charge in [0.15, 0.2) is 0 Å². The Labute approximate surface area is 93.6 Å². The van der Waals surface area contributed by atoms with Crippen molar-refractivity contribution >= 4 is 17.0 Å². The molecule has 0 aromatic carbocycles. The lowest BCUT2D eigenvalue weighted by atomic mass is 10.5. The molecule has 14 heavy (non-hydrogen) atoms. The number of nitrogens with zero attached hydrogens (tertiary/aromatic N) is 1. The monoisotopic (exact) mass is 230 g/mol. The minimum Gasteiger partial charge on any atom is -0.324 e. The second-order valence-electron chi connectivity index (χ2n) is 5.36. The number of hydrogen-bond donors (Lipinski definition) is 0. The molecule has 0 aliphatic carbocycles. The first-order valence-electron chi connectivity index (χ1n) is 5.77. The zero-order valence-electron chi connectivity index (χ0n) is 11.4.